The van der Waals surface area contributed by atoms with E-state index in [9.17, 15) is 0 Å². The zero-order chi connectivity index (χ0) is 19.3. The summed E-state index contributed by atoms with van der Waals surface area (Å²) in [5, 5.41) is 0. The minimum Gasteiger partial charge on any atom is -0.378 e. The summed E-state index contributed by atoms with van der Waals surface area (Å²) in [4.78, 5) is 0. The summed E-state index contributed by atoms with van der Waals surface area (Å²) in [6.07, 6.45) is 0. The van der Waals surface area contributed by atoms with E-state index < -0.39 is 0 Å². The standard InChI is InChI=1S/C24H24N2Si2/c27-25(21-7-3-1-4-8-21)23-15-11-19(12-16-23)20-13-17-24(18-14-20)26(28)22-9-5-2-6-10-22/h1-18H,27-28H3. The number of benzene rings is 4. The maximum atomic E-state index is 2.34. The molecule has 0 aliphatic rings. The van der Waals surface area contributed by atoms with Gasteiger partial charge in [0.15, 0.2) is 0 Å². The monoisotopic (exact) mass is 396 g/mol. The lowest BCUT2D eigenvalue weighted by molar-refractivity contribution is 1.40. The highest BCUT2D eigenvalue weighted by Crippen LogP contribution is 2.29. The molecule has 0 saturated heterocycles. The summed E-state index contributed by atoms with van der Waals surface area (Å²) in [5.41, 5.74) is 7.48. The van der Waals surface area contributed by atoms with Gasteiger partial charge in [-0.3, -0.25) is 0 Å². The van der Waals surface area contributed by atoms with Crippen LogP contribution in [0.2, 0.25) is 0 Å². The molecule has 0 fully saturated rings. The first-order chi connectivity index (χ1) is 13.7. The fraction of sp³-hybridized carbons (Fsp3) is 0. The number of rotatable bonds is 5. The molecule has 138 valence electrons. The highest BCUT2D eigenvalue weighted by molar-refractivity contribution is 6.22. The topological polar surface area (TPSA) is 6.48 Å². The Balaban J connectivity index is 1.52. The van der Waals surface area contributed by atoms with Crippen molar-refractivity contribution in [3.63, 3.8) is 0 Å². The summed E-state index contributed by atoms with van der Waals surface area (Å²) >= 11 is 0. The molecular formula is C24H24N2Si2. The van der Waals surface area contributed by atoms with Crippen molar-refractivity contribution in [3.05, 3.63) is 109 Å². The van der Waals surface area contributed by atoms with E-state index in [2.05, 4.69) is 118 Å². The summed E-state index contributed by atoms with van der Waals surface area (Å²) < 4.78 is 4.68. The molecule has 0 aliphatic heterocycles. The van der Waals surface area contributed by atoms with Gasteiger partial charge in [-0.2, -0.15) is 0 Å². The highest BCUT2D eigenvalue weighted by Gasteiger charge is 2.06. The van der Waals surface area contributed by atoms with Gasteiger partial charge in [0.25, 0.3) is 0 Å². The molecule has 0 aromatic heterocycles. The van der Waals surface area contributed by atoms with Crippen LogP contribution in [0.3, 0.4) is 0 Å². The summed E-state index contributed by atoms with van der Waals surface area (Å²) in [6, 6.07) is 38.8. The van der Waals surface area contributed by atoms with Gasteiger partial charge in [-0.1, -0.05) is 60.7 Å². The van der Waals surface area contributed by atoms with Crippen molar-refractivity contribution in [3.8, 4) is 11.1 Å². The summed E-state index contributed by atoms with van der Waals surface area (Å²) in [5.74, 6) is 0. The molecule has 0 aliphatic carbocycles. The third-order valence-electron chi connectivity index (χ3n) is 5.13. The molecule has 0 heterocycles. The largest absolute Gasteiger partial charge is 0.378 e. The minimum atomic E-state index is 0.948. The van der Waals surface area contributed by atoms with Gasteiger partial charge in [-0.15, -0.1) is 0 Å². The van der Waals surface area contributed by atoms with Crippen LogP contribution >= 0.6 is 0 Å². The average molecular weight is 397 g/mol. The molecule has 0 amide bonds. The Morgan fingerprint density at radius 2 is 0.643 bits per heavy atom. The third-order valence-corrected chi connectivity index (χ3v) is 7.20. The second-order valence-electron chi connectivity index (χ2n) is 6.88. The Hall–Kier alpha value is -3.09. The third kappa shape index (κ3) is 3.93. The smallest absolute Gasteiger partial charge is 0.114 e. The number of nitrogens with zero attached hydrogens (tertiary/aromatic N) is 2. The van der Waals surface area contributed by atoms with E-state index >= 15 is 0 Å². The van der Waals surface area contributed by atoms with Crippen LogP contribution in [0, 0.1) is 0 Å². The molecule has 0 bridgehead atoms. The van der Waals surface area contributed by atoms with Crippen LogP contribution in [0.5, 0.6) is 0 Å². The first kappa shape index (κ1) is 18.3. The molecular weight excluding hydrogens is 372 g/mol. The van der Waals surface area contributed by atoms with E-state index in [0.717, 1.165) is 20.8 Å². The fourth-order valence-electron chi connectivity index (χ4n) is 3.36. The van der Waals surface area contributed by atoms with Gasteiger partial charge < -0.3 is 9.13 Å². The predicted molar refractivity (Wildman–Crippen MR) is 129 cm³/mol. The number of hydrogen-bond acceptors (Lipinski definition) is 2. The molecule has 4 heteroatoms. The SMILES string of the molecule is [SiH3]N(c1ccccc1)c1ccc(-c2ccc(N([SiH3])c3ccccc3)cc2)cc1. The Labute approximate surface area is 173 Å². The van der Waals surface area contributed by atoms with E-state index in [-0.39, 0.29) is 0 Å². The maximum absolute atomic E-state index is 2.34. The first-order valence-corrected chi connectivity index (χ1v) is 11.3. The molecule has 0 saturated carbocycles. The van der Waals surface area contributed by atoms with Gasteiger partial charge in [-0.25, -0.2) is 0 Å². The predicted octanol–water partition coefficient (Wildman–Crippen LogP) is 4.19. The lowest BCUT2D eigenvalue weighted by Gasteiger charge is -2.21. The van der Waals surface area contributed by atoms with Crippen LogP contribution in [0.1, 0.15) is 0 Å². The molecule has 0 radical (unpaired) electrons. The van der Waals surface area contributed by atoms with Gasteiger partial charge in [0.1, 0.15) is 20.8 Å². The molecule has 4 aromatic rings. The summed E-state index contributed by atoms with van der Waals surface area (Å²) in [6.45, 7) is 0. The number of para-hydroxylation sites is 2. The van der Waals surface area contributed by atoms with E-state index in [1.807, 2.05) is 0 Å². The Morgan fingerprint density at radius 1 is 0.357 bits per heavy atom. The normalized spacial score (nSPS) is 10.7. The highest BCUT2D eigenvalue weighted by atomic mass is 28.2. The van der Waals surface area contributed by atoms with Gasteiger partial charge in [-0.05, 0) is 59.7 Å². The zero-order valence-corrected chi connectivity index (χ0v) is 20.3. The van der Waals surface area contributed by atoms with E-state index in [1.165, 1.54) is 33.9 Å². The maximum Gasteiger partial charge on any atom is 0.114 e. The fourth-order valence-corrected chi connectivity index (χ4v) is 4.55. The van der Waals surface area contributed by atoms with Crippen molar-refractivity contribution in [2.24, 2.45) is 0 Å². The molecule has 0 N–H and O–H groups in total. The van der Waals surface area contributed by atoms with Gasteiger partial charge in [0, 0.05) is 22.7 Å². The molecule has 2 nitrogen and oxygen atoms in total. The van der Waals surface area contributed by atoms with Gasteiger partial charge in [0.05, 0.1) is 0 Å². The Morgan fingerprint density at radius 3 is 0.964 bits per heavy atom. The quantitative estimate of drug-likeness (QED) is 0.467. The van der Waals surface area contributed by atoms with E-state index in [4.69, 9.17) is 0 Å². The second kappa shape index (κ2) is 8.29. The van der Waals surface area contributed by atoms with Crippen molar-refractivity contribution in [2.45, 2.75) is 0 Å². The van der Waals surface area contributed by atoms with Crippen molar-refractivity contribution in [1.29, 1.82) is 0 Å². The lowest BCUT2D eigenvalue weighted by Crippen LogP contribution is -2.11. The lowest BCUT2D eigenvalue weighted by atomic mass is 10.0. The van der Waals surface area contributed by atoms with Crippen LogP contribution in [0.4, 0.5) is 22.7 Å². The van der Waals surface area contributed by atoms with Crippen LogP contribution in [0.25, 0.3) is 11.1 Å². The van der Waals surface area contributed by atoms with Crippen LogP contribution in [-0.4, -0.2) is 20.8 Å². The van der Waals surface area contributed by atoms with Crippen molar-refractivity contribution < 1.29 is 0 Å². The van der Waals surface area contributed by atoms with Crippen molar-refractivity contribution >= 4 is 43.6 Å². The van der Waals surface area contributed by atoms with E-state index in [0.29, 0.717) is 0 Å². The van der Waals surface area contributed by atoms with Crippen LogP contribution in [-0.2, 0) is 0 Å². The Kier molecular flexibility index (Phi) is 5.41. The number of anilines is 4. The molecule has 0 atom stereocenters. The molecule has 4 aromatic carbocycles. The van der Waals surface area contributed by atoms with E-state index in [1.54, 1.807) is 0 Å². The average Bonchev–Trinajstić information content (AvgIpc) is 2.79. The minimum absolute atomic E-state index is 0.948. The van der Waals surface area contributed by atoms with Crippen LogP contribution < -0.4 is 9.13 Å². The Bertz CT molecular complexity index is 931. The van der Waals surface area contributed by atoms with Gasteiger partial charge in [0.2, 0.25) is 0 Å². The van der Waals surface area contributed by atoms with Crippen LogP contribution in [0.15, 0.2) is 109 Å². The van der Waals surface area contributed by atoms with Gasteiger partial charge >= 0.3 is 0 Å². The summed E-state index contributed by atoms with van der Waals surface area (Å²) in [7, 11) is 1.90. The zero-order valence-electron chi connectivity index (χ0n) is 16.3. The van der Waals surface area contributed by atoms with Crippen molar-refractivity contribution in [2.75, 3.05) is 9.13 Å². The van der Waals surface area contributed by atoms with Crippen molar-refractivity contribution in [1.82, 2.24) is 0 Å². The first-order valence-electron chi connectivity index (χ1n) is 9.50. The molecule has 4 rings (SSSR count). The molecule has 28 heavy (non-hydrogen) atoms. The number of hydrogen-bond donors (Lipinski definition) is 0. The second-order valence-corrected chi connectivity index (χ2v) is 8.67. The molecule has 0 unspecified atom stereocenters. The molecule has 0 spiro atoms.